The highest BCUT2D eigenvalue weighted by atomic mass is 16.5. The fourth-order valence-electron chi connectivity index (χ4n) is 3.28. The van der Waals surface area contributed by atoms with Gasteiger partial charge >= 0.3 is 0 Å². The number of benzene rings is 1. The third kappa shape index (κ3) is 2.68. The Bertz CT molecular complexity index is 452. The zero-order chi connectivity index (χ0) is 13.9. The lowest BCUT2D eigenvalue weighted by molar-refractivity contribution is -0.0504. The second-order valence-electron chi connectivity index (χ2n) is 5.63. The second-order valence-corrected chi connectivity index (χ2v) is 5.63. The maximum absolute atomic E-state index is 5.98. The van der Waals surface area contributed by atoms with Crippen LogP contribution < -0.4 is 10.1 Å². The molecule has 3 rings (SSSR count). The molecule has 1 saturated heterocycles. The highest BCUT2D eigenvalue weighted by Gasteiger charge is 2.35. The molecule has 0 amide bonds. The minimum absolute atomic E-state index is 0.309. The van der Waals surface area contributed by atoms with Gasteiger partial charge < -0.3 is 14.8 Å². The van der Waals surface area contributed by atoms with Gasteiger partial charge in [0.15, 0.2) is 0 Å². The number of nitrogens with zero attached hydrogens (tertiary/aromatic N) is 1. The Morgan fingerprint density at radius 2 is 2.20 bits per heavy atom. The monoisotopic (exact) mass is 276 g/mol. The smallest absolute Gasteiger partial charge is 0.124 e. The molecule has 1 fully saturated rings. The first-order chi connectivity index (χ1) is 9.79. The van der Waals surface area contributed by atoms with Gasteiger partial charge in [0.1, 0.15) is 12.4 Å². The van der Waals surface area contributed by atoms with Crippen molar-refractivity contribution in [2.75, 3.05) is 32.8 Å². The normalized spacial score (nSPS) is 30.6. The van der Waals surface area contributed by atoms with Gasteiger partial charge in [0.05, 0.1) is 24.8 Å². The number of ether oxygens (including phenoxy) is 2. The lowest BCUT2D eigenvalue weighted by Crippen LogP contribution is -2.55. The van der Waals surface area contributed by atoms with Gasteiger partial charge in [-0.15, -0.1) is 0 Å². The molecule has 1 aromatic rings. The van der Waals surface area contributed by atoms with Crippen LogP contribution in [0.1, 0.15) is 25.5 Å². The Morgan fingerprint density at radius 3 is 3.00 bits per heavy atom. The van der Waals surface area contributed by atoms with Crippen molar-refractivity contribution >= 4 is 0 Å². The molecule has 0 bridgehead atoms. The maximum Gasteiger partial charge on any atom is 0.124 e. The van der Waals surface area contributed by atoms with Crippen molar-refractivity contribution in [3.8, 4) is 5.75 Å². The summed E-state index contributed by atoms with van der Waals surface area (Å²) in [7, 11) is 0. The Hall–Kier alpha value is -1.10. The predicted molar refractivity (Wildman–Crippen MR) is 79.1 cm³/mol. The van der Waals surface area contributed by atoms with E-state index >= 15 is 0 Å². The molecule has 0 aliphatic carbocycles. The van der Waals surface area contributed by atoms with Crippen molar-refractivity contribution in [2.24, 2.45) is 0 Å². The van der Waals surface area contributed by atoms with E-state index in [0.717, 1.165) is 38.6 Å². The first-order valence-electron chi connectivity index (χ1n) is 7.60. The minimum Gasteiger partial charge on any atom is -0.492 e. The summed E-state index contributed by atoms with van der Waals surface area (Å²) in [6.07, 6.45) is 0.309. The zero-order valence-corrected chi connectivity index (χ0v) is 12.3. The molecule has 4 nitrogen and oxygen atoms in total. The van der Waals surface area contributed by atoms with E-state index in [4.69, 9.17) is 9.47 Å². The molecule has 3 unspecified atom stereocenters. The van der Waals surface area contributed by atoms with Crippen LogP contribution in [0.15, 0.2) is 24.3 Å². The summed E-state index contributed by atoms with van der Waals surface area (Å²) >= 11 is 0. The molecule has 0 radical (unpaired) electrons. The van der Waals surface area contributed by atoms with Crippen LogP contribution in [0.5, 0.6) is 5.75 Å². The highest BCUT2D eigenvalue weighted by molar-refractivity contribution is 5.38. The van der Waals surface area contributed by atoms with E-state index in [1.807, 2.05) is 6.07 Å². The predicted octanol–water partition coefficient (Wildman–Crippen LogP) is 1.82. The van der Waals surface area contributed by atoms with Gasteiger partial charge in [0, 0.05) is 18.7 Å². The summed E-state index contributed by atoms with van der Waals surface area (Å²) < 4.78 is 11.6. The Labute approximate surface area is 121 Å². The van der Waals surface area contributed by atoms with Crippen molar-refractivity contribution in [1.29, 1.82) is 0 Å². The van der Waals surface area contributed by atoms with Gasteiger partial charge in [0.2, 0.25) is 0 Å². The molecule has 1 aromatic carbocycles. The molecule has 1 N–H and O–H groups in total. The van der Waals surface area contributed by atoms with Gasteiger partial charge in [-0.2, -0.15) is 0 Å². The van der Waals surface area contributed by atoms with E-state index in [1.165, 1.54) is 5.56 Å². The first kappa shape index (κ1) is 13.9. The van der Waals surface area contributed by atoms with Crippen LogP contribution in [-0.2, 0) is 4.74 Å². The van der Waals surface area contributed by atoms with Crippen LogP contribution in [0, 0.1) is 0 Å². The topological polar surface area (TPSA) is 33.7 Å². The standard InChI is InChI=1S/C16H24N2O2/c1-3-17-16-13-6-4-5-7-15(13)20-11-14(16)18-8-9-19-12(2)10-18/h4-7,12,14,16-17H,3,8-11H2,1-2H3. The van der Waals surface area contributed by atoms with Crippen molar-refractivity contribution in [3.63, 3.8) is 0 Å². The molecule has 0 aromatic heterocycles. The molecule has 2 aliphatic heterocycles. The van der Waals surface area contributed by atoms with Crippen LogP contribution in [0.25, 0.3) is 0 Å². The Kier molecular flexibility index (Phi) is 4.24. The van der Waals surface area contributed by atoms with E-state index < -0.39 is 0 Å². The Morgan fingerprint density at radius 1 is 1.35 bits per heavy atom. The lowest BCUT2D eigenvalue weighted by atomic mass is 9.94. The summed E-state index contributed by atoms with van der Waals surface area (Å²) in [4.78, 5) is 2.51. The number of morpholine rings is 1. The summed E-state index contributed by atoms with van der Waals surface area (Å²) in [6, 6.07) is 9.11. The molecule has 4 heteroatoms. The quantitative estimate of drug-likeness (QED) is 0.913. The van der Waals surface area contributed by atoms with Crippen LogP contribution in [-0.4, -0.2) is 49.9 Å². The molecule has 20 heavy (non-hydrogen) atoms. The SMILES string of the molecule is CCNC1c2ccccc2OCC1N1CCOC(C)C1. The first-order valence-corrected chi connectivity index (χ1v) is 7.60. The van der Waals surface area contributed by atoms with Crippen molar-refractivity contribution < 1.29 is 9.47 Å². The van der Waals surface area contributed by atoms with E-state index in [9.17, 15) is 0 Å². The van der Waals surface area contributed by atoms with Gasteiger partial charge in [-0.3, -0.25) is 4.90 Å². The number of likely N-dealkylation sites (N-methyl/N-ethyl adjacent to an activating group) is 1. The van der Waals surface area contributed by atoms with E-state index in [-0.39, 0.29) is 0 Å². The third-order valence-corrected chi connectivity index (χ3v) is 4.21. The largest absolute Gasteiger partial charge is 0.492 e. The fourth-order valence-corrected chi connectivity index (χ4v) is 3.28. The summed E-state index contributed by atoms with van der Waals surface area (Å²) in [6.45, 7) is 8.82. The van der Waals surface area contributed by atoms with Crippen LogP contribution >= 0.6 is 0 Å². The van der Waals surface area contributed by atoms with E-state index in [2.05, 4.69) is 42.3 Å². The number of fused-ring (bicyclic) bond motifs is 1. The van der Waals surface area contributed by atoms with Gasteiger partial charge in [-0.25, -0.2) is 0 Å². The molecule has 0 spiro atoms. The molecule has 2 aliphatic rings. The zero-order valence-electron chi connectivity index (χ0n) is 12.3. The van der Waals surface area contributed by atoms with Crippen LogP contribution in [0.2, 0.25) is 0 Å². The average Bonchev–Trinajstić information content (AvgIpc) is 2.48. The third-order valence-electron chi connectivity index (χ3n) is 4.21. The minimum atomic E-state index is 0.309. The summed E-state index contributed by atoms with van der Waals surface area (Å²) in [5.74, 6) is 1.02. The van der Waals surface area contributed by atoms with Gasteiger partial charge in [-0.05, 0) is 19.5 Å². The molecule has 110 valence electrons. The van der Waals surface area contributed by atoms with E-state index in [0.29, 0.717) is 18.2 Å². The Balaban J connectivity index is 1.84. The summed E-state index contributed by atoms with van der Waals surface area (Å²) in [5.41, 5.74) is 1.28. The number of hydrogen-bond donors (Lipinski definition) is 1. The molecular weight excluding hydrogens is 252 g/mol. The number of rotatable bonds is 3. The molecule has 2 heterocycles. The molecular formula is C16H24N2O2. The van der Waals surface area contributed by atoms with Gasteiger partial charge in [0.25, 0.3) is 0 Å². The number of para-hydroxylation sites is 1. The van der Waals surface area contributed by atoms with Crippen LogP contribution in [0.4, 0.5) is 0 Å². The second kappa shape index (κ2) is 6.12. The van der Waals surface area contributed by atoms with E-state index in [1.54, 1.807) is 0 Å². The highest BCUT2D eigenvalue weighted by Crippen LogP contribution is 2.34. The van der Waals surface area contributed by atoms with Crippen LogP contribution in [0.3, 0.4) is 0 Å². The maximum atomic E-state index is 5.98. The average molecular weight is 276 g/mol. The number of hydrogen-bond acceptors (Lipinski definition) is 4. The summed E-state index contributed by atoms with van der Waals surface area (Å²) in [5, 5.41) is 3.64. The van der Waals surface area contributed by atoms with Crippen molar-refractivity contribution in [3.05, 3.63) is 29.8 Å². The lowest BCUT2D eigenvalue weighted by Gasteiger charge is -2.43. The van der Waals surface area contributed by atoms with Gasteiger partial charge in [-0.1, -0.05) is 25.1 Å². The van der Waals surface area contributed by atoms with Crippen molar-refractivity contribution in [2.45, 2.75) is 32.0 Å². The number of nitrogens with one attached hydrogen (secondary N) is 1. The van der Waals surface area contributed by atoms with Crippen molar-refractivity contribution in [1.82, 2.24) is 10.2 Å². The molecule has 3 atom stereocenters. The molecule has 0 saturated carbocycles. The fraction of sp³-hybridized carbons (Fsp3) is 0.625.